The zero-order valence-electron chi connectivity index (χ0n) is 16.7. The first-order valence-corrected chi connectivity index (χ1v) is 11.0. The highest BCUT2D eigenvalue weighted by molar-refractivity contribution is 7.98. The summed E-state index contributed by atoms with van der Waals surface area (Å²) in [5.74, 6) is -0.135. The molecule has 1 aromatic heterocycles. The highest BCUT2D eigenvalue weighted by Gasteiger charge is 2.25. The van der Waals surface area contributed by atoms with Gasteiger partial charge in [-0.3, -0.25) is 9.59 Å². The monoisotopic (exact) mass is 421 g/mol. The van der Waals surface area contributed by atoms with E-state index in [1.165, 1.54) is 10.7 Å². The number of nitrogens with zero attached hydrogens (tertiary/aromatic N) is 3. The lowest BCUT2D eigenvalue weighted by atomic mass is 10.1. The molecule has 3 aromatic rings. The molecule has 0 saturated carbocycles. The second kappa shape index (κ2) is 9.28. The Labute approximate surface area is 179 Å². The summed E-state index contributed by atoms with van der Waals surface area (Å²) >= 11 is 1.66. The molecule has 1 aliphatic rings. The van der Waals surface area contributed by atoms with Crippen LogP contribution in [-0.4, -0.2) is 46.5 Å². The van der Waals surface area contributed by atoms with Gasteiger partial charge in [0.2, 0.25) is 5.91 Å². The summed E-state index contributed by atoms with van der Waals surface area (Å²) in [5, 5.41) is 4.43. The number of hydrogen-bond acceptors (Lipinski definition) is 5. The third-order valence-corrected chi connectivity index (χ3v) is 5.87. The van der Waals surface area contributed by atoms with Crippen molar-refractivity contribution in [1.29, 1.82) is 0 Å². The molecule has 154 valence electrons. The molecule has 1 amide bonds. The Bertz CT molecular complexity index is 1070. The normalized spacial score (nSPS) is 16.4. The molecule has 0 bridgehead atoms. The van der Waals surface area contributed by atoms with E-state index in [0.717, 1.165) is 16.0 Å². The Morgan fingerprint density at radius 2 is 1.87 bits per heavy atom. The number of ether oxygens (including phenoxy) is 1. The van der Waals surface area contributed by atoms with E-state index in [0.29, 0.717) is 25.4 Å². The van der Waals surface area contributed by atoms with E-state index in [1.54, 1.807) is 22.7 Å². The minimum absolute atomic E-state index is 0.0862. The maximum atomic E-state index is 12.9. The molecular formula is C23H23N3O3S. The van der Waals surface area contributed by atoms with Crippen molar-refractivity contribution in [1.82, 2.24) is 14.7 Å². The van der Waals surface area contributed by atoms with Crippen LogP contribution in [0.25, 0.3) is 11.3 Å². The maximum absolute atomic E-state index is 12.9. The molecular weight excluding hydrogens is 398 g/mol. The summed E-state index contributed by atoms with van der Waals surface area (Å²) < 4.78 is 7.08. The number of benzene rings is 2. The molecule has 0 radical (unpaired) electrons. The summed E-state index contributed by atoms with van der Waals surface area (Å²) in [6.45, 7) is 1.35. The Balaban J connectivity index is 1.49. The van der Waals surface area contributed by atoms with Crippen molar-refractivity contribution in [3.63, 3.8) is 0 Å². The SMILES string of the molecule is CSc1ccc(-c2ccc(=O)n(CC(=O)N3CCO[C@@H](c4ccccc4)C3)n2)cc1. The molecule has 0 spiro atoms. The van der Waals surface area contributed by atoms with Gasteiger partial charge in [0.15, 0.2) is 0 Å². The van der Waals surface area contributed by atoms with E-state index in [1.807, 2.05) is 60.9 Å². The van der Waals surface area contributed by atoms with Gasteiger partial charge in [0.25, 0.3) is 5.56 Å². The molecule has 1 fully saturated rings. The van der Waals surface area contributed by atoms with E-state index >= 15 is 0 Å². The van der Waals surface area contributed by atoms with Gasteiger partial charge in [0, 0.05) is 23.1 Å². The molecule has 1 aliphatic heterocycles. The van der Waals surface area contributed by atoms with Crippen LogP contribution < -0.4 is 5.56 Å². The van der Waals surface area contributed by atoms with Gasteiger partial charge in [0.1, 0.15) is 12.6 Å². The summed E-state index contributed by atoms with van der Waals surface area (Å²) in [6.07, 6.45) is 1.86. The predicted molar refractivity (Wildman–Crippen MR) is 117 cm³/mol. The summed E-state index contributed by atoms with van der Waals surface area (Å²) in [4.78, 5) is 28.1. The smallest absolute Gasteiger partial charge is 0.267 e. The van der Waals surface area contributed by atoms with Gasteiger partial charge in [-0.15, -0.1) is 11.8 Å². The average Bonchev–Trinajstić information content (AvgIpc) is 2.81. The first-order valence-electron chi connectivity index (χ1n) is 9.81. The fraction of sp³-hybridized carbons (Fsp3) is 0.261. The molecule has 6 nitrogen and oxygen atoms in total. The van der Waals surface area contributed by atoms with Crippen LogP contribution in [0.2, 0.25) is 0 Å². The van der Waals surface area contributed by atoms with Crippen molar-refractivity contribution in [2.24, 2.45) is 0 Å². The van der Waals surface area contributed by atoms with Crippen molar-refractivity contribution < 1.29 is 9.53 Å². The largest absolute Gasteiger partial charge is 0.370 e. The van der Waals surface area contributed by atoms with Crippen LogP contribution in [0.4, 0.5) is 0 Å². The summed E-state index contributed by atoms with van der Waals surface area (Å²) in [6, 6.07) is 21.0. The van der Waals surface area contributed by atoms with E-state index < -0.39 is 0 Å². The lowest BCUT2D eigenvalue weighted by Crippen LogP contribution is -2.44. The number of carbonyl (C=O) groups excluding carboxylic acids is 1. The first kappa shape index (κ1) is 20.4. The fourth-order valence-corrected chi connectivity index (χ4v) is 3.86. The summed E-state index contributed by atoms with van der Waals surface area (Å²) in [5.41, 5.74) is 2.32. The number of hydrogen-bond donors (Lipinski definition) is 0. The molecule has 7 heteroatoms. The van der Waals surface area contributed by atoms with Crippen molar-refractivity contribution >= 4 is 17.7 Å². The van der Waals surface area contributed by atoms with Crippen LogP contribution in [0, 0.1) is 0 Å². The molecule has 1 atom stereocenters. The van der Waals surface area contributed by atoms with Gasteiger partial charge in [0.05, 0.1) is 18.8 Å². The zero-order valence-corrected chi connectivity index (χ0v) is 17.5. The topological polar surface area (TPSA) is 64.4 Å². The van der Waals surface area contributed by atoms with Crippen LogP contribution in [0.1, 0.15) is 11.7 Å². The van der Waals surface area contributed by atoms with Gasteiger partial charge in [-0.25, -0.2) is 4.68 Å². The zero-order chi connectivity index (χ0) is 20.9. The van der Waals surface area contributed by atoms with Crippen molar-refractivity contribution in [2.75, 3.05) is 26.0 Å². The average molecular weight is 422 g/mol. The fourth-order valence-electron chi connectivity index (χ4n) is 3.45. The molecule has 0 aliphatic carbocycles. The molecule has 1 saturated heterocycles. The van der Waals surface area contributed by atoms with Gasteiger partial charge in [-0.2, -0.15) is 5.10 Å². The number of morpholine rings is 1. The van der Waals surface area contributed by atoms with Crippen LogP contribution in [0.15, 0.2) is 76.4 Å². The van der Waals surface area contributed by atoms with Crippen LogP contribution in [0.3, 0.4) is 0 Å². The second-order valence-electron chi connectivity index (χ2n) is 7.05. The first-order chi connectivity index (χ1) is 14.6. The lowest BCUT2D eigenvalue weighted by molar-refractivity contribution is -0.139. The van der Waals surface area contributed by atoms with Gasteiger partial charge in [-0.1, -0.05) is 42.5 Å². The number of rotatable bonds is 5. The van der Waals surface area contributed by atoms with Crippen molar-refractivity contribution in [2.45, 2.75) is 17.5 Å². The molecule has 30 heavy (non-hydrogen) atoms. The van der Waals surface area contributed by atoms with Gasteiger partial charge < -0.3 is 9.64 Å². The van der Waals surface area contributed by atoms with E-state index in [9.17, 15) is 9.59 Å². The van der Waals surface area contributed by atoms with E-state index in [4.69, 9.17) is 4.74 Å². The predicted octanol–water partition coefficient (Wildman–Crippen LogP) is 3.23. The highest BCUT2D eigenvalue weighted by atomic mass is 32.2. The highest BCUT2D eigenvalue weighted by Crippen LogP contribution is 2.23. The van der Waals surface area contributed by atoms with Crippen LogP contribution in [0.5, 0.6) is 0 Å². The number of thioether (sulfide) groups is 1. The van der Waals surface area contributed by atoms with E-state index in [-0.39, 0.29) is 24.1 Å². The van der Waals surface area contributed by atoms with Crippen molar-refractivity contribution in [3.8, 4) is 11.3 Å². The molecule has 2 heterocycles. The van der Waals surface area contributed by atoms with Gasteiger partial charge in [-0.05, 0) is 30.0 Å². The Hall–Kier alpha value is -2.90. The maximum Gasteiger partial charge on any atom is 0.267 e. The standard InChI is InChI=1S/C23H23N3O3S/c1-30-19-9-7-17(8-10-19)20-11-12-22(27)26(24-20)16-23(28)25-13-14-29-21(15-25)18-5-3-2-4-6-18/h2-12,21H,13-16H2,1H3/t21-/m1/s1. The van der Waals surface area contributed by atoms with Crippen LogP contribution >= 0.6 is 11.8 Å². The Morgan fingerprint density at radius 3 is 2.60 bits per heavy atom. The molecule has 2 aromatic carbocycles. The Kier molecular flexibility index (Phi) is 6.30. The minimum atomic E-state index is -0.291. The third-order valence-electron chi connectivity index (χ3n) is 5.13. The second-order valence-corrected chi connectivity index (χ2v) is 7.93. The van der Waals surface area contributed by atoms with Crippen LogP contribution in [-0.2, 0) is 16.1 Å². The van der Waals surface area contributed by atoms with E-state index in [2.05, 4.69) is 5.10 Å². The van der Waals surface area contributed by atoms with Crippen molar-refractivity contribution in [3.05, 3.63) is 82.6 Å². The van der Waals surface area contributed by atoms with Gasteiger partial charge >= 0.3 is 0 Å². The molecule has 0 unspecified atom stereocenters. The quantitative estimate of drug-likeness (QED) is 0.592. The third kappa shape index (κ3) is 4.63. The number of carbonyl (C=O) groups is 1. The number of amides is 1. The minimum Gasteiger partial charge on any atom is -0.370 e. The Morgan fingerprint density at radius 1 is 1.10 bits per heavy atom. The summed E-state index contributed by atoms with van der Waals surface area (Å²) in [7, 11) is 0. The molecule has 0 N–H and O–H groups in total. The number of aromatic nitrogens is 2. The lowest BCUT2D eigenvalue weighted by Gasteiger charge is -2.33. The molecule has 4 rings (SSSR count).